The number of hydrogen-bond acceptors (Lipinski definition) is 6. The fourth-order valence-electron chi connectivity index (χ4n) is 5.68. The minimum absolute atomic E-state index is 0.00117. The number of imide groups is 1. The number of esters is 1. The van der Waals surface area contributed by atoms with Crippen molar-refractivity contribution in [2.24, 2.45) is 11.8 Å². The molecule has 3 aliphatic heterocycles. The molecule has 0 saturated carbocycles. The van der Waals surface area contributed by atoms with Crippen LogP contribution in [0.2, 0.25) is 5.02 Å². The van der Waals surface area contributed by atoms with Gasteiger partial charge in [0.25, 0.3) is 11.8 Å². The average molecular weight is 542 g/mol. The quantitative estimate of drug-likeness (QED) is 0.414. The Kier molecular flexibility index (Phi) is 7.38. The van der Waals surface area contributed by atoms with Gasteiger partial charge in [0.05, 0.1) is 46.0 Å². The predicted molar refractivity (Wildman–Crippen MR) is 140 cm³/mol. The van der Waals surface area contributed by atoms with E-state index in [1.54, 1.807) is 30.0 Å². The molecule has 10 heteroatoms. The number of carbonyl (C=O) groups is 4. The molecule has 3 amide bonds. The monoisotopic (exact) mass is 541 g/mol. The number of fused-ring (bicyclic) bond motifs is 1. The lowest BCUT2D eigenvalue weighted by Gasteiger charge is -2.39. The third kappa shape index (κ3) is 4.75. The van der Waals surface area contributed by atoms with Gasteiger partial charge in [0, 0.05) is 26.2 Å². The Hall–Kier alpha value is -3.46. The first-order chi connectivity index (χ1) is 18.3. The summed E-state index contributed by atoms with van der Waals surface area (Å²) in [7, 11) is 0. The van der Waals surface area contributed by atoms with Gasteiger partial charge in [-0.25, -0.2) is 9.29 Å². The molecule has 38 heavy (non-hydrogen) atoms. The summed E-state index contributed by atoms with van der Waals surface area (Å²) in [6.07, 6.45) is 2.91. The normalized spacial score (nSPS) is 21.5. The zero-order valence-corrected chi connectivity index (χ0v) is 21.9. The van der Waals surface area contributed by atoms with Crippen LogP contribution in [-0.4, -0.2) is 61.4 Å². The van der Waals surface area contributed by atoms with Crippen molar-refractivity contribution in [3.8, 4) is 0 Å². The Balaban J connectivity index is 1.35. The van der Waals surface area contributed by atoms with E-state index in [2.05, 4.69) is 0 Å². The number of ether oxygens (including phenoxy) is 1. The molecule has 2 aromatic carbocycles. The number of carbonyl (C=O) groups excluding carboxylic acids is 4. The van der Waals surface area contributed by atoms with E-state index in [0.29, 0.717) is 51.3 Å². The van der Waals surface area contributed by atoms with Crippen molar-refractivity contribution in [2.75, 3.05) is 42.6 Å². The van der Waals surface area contributed by atoms with E-state index in [9.17, 15) is 23.6 Å². The second-order valence-electron chi connectivity index (χ2n) is 9.90. The lowest BCUT2D eigenvalue weighted by molar-refractivity contribution is -0.152. The van der Waals surface area contributed by atoms with Gasteiger partial charge < -0.3 is 14.5 Å². The van der Waals surface area contributed by atoms with Crippen LogP contribution in [0.15, 0.2) is 36.4 Å². The molecule has 200 valence electrons. The van der Waals surface area contributed by atoms with Crippen molar-refractivity contribution in [2.45, 2.75) is 32.6 Å². The molecule has 2 aromatic rings. The van der Waals surface area contributed by atoms with Crippen LogP contribution in [0.4, 0.5) is 15.8 Å². The first kappa shape index (κ1) is 26.2. The molecule has 3 aliphatic rings. The summed E-state index contributed by atoms with van der Waals surface area (Å²) in [5, 5.41) is -0.181. The zero-order valence-electron chi connectivity index (χ0n) is 21.1. The SMILES string of the molecule is CCOC(=O)[C@@H]1CCCN(C(=O)[C@H]2CCCN(c3cccc4c3C(=O)N(c3ccc(F)c(Cl)c3)C4=O)C2)C1. The maximum atomic E-state index is 13.7. The number of rotatable bonds is 5. The molecule has 0 spiro atoms. The van der Waals surface area contributed by atoms with E-state index in [0.717, 1.165) is 23.8 Å². The number of anilines is 2. The summed E-state index contributed by atoms with van der Waals surface area (Å²) in [4.78, 5) is 57.2. The molecule has 0 aromatic heterocycles. The summed E-state index contributed by atoms with van der Waals surface area (Å²) >= 11 is 5.91. The van der Waals surface area contributed by atoms with E-state index < -0.39 is 17.6 Å². The first-order valence-corrected chi connectivity index (χ1v) is 13.3. The largest absolute Gasteiger partial charge is 0.466 e. The zero-order chi connectivity index (χ0) is 27.0. The van der Waals surface area contributed by atoms with Crippen LogP contribution >= 0.6 is 11.6 Å². The van der Waals surface area contributed by atoms with Crippen molar-refractivity contribution in [3.05, 3.63) is 58.4 Å². The van der Waals surface area contributed by atoms with Gasteiger partial charge in [0.1, 0.15) is 5.82 Å². The van der Waals surface area contributed by atoms with Crippen molar-refractivity contribution in [3.63, 3.8) is 0 Å². The van der Waals surface area contributed by atoms with Crippen LogP contribution in [-0.2, 0) is 14.3 Å². The summed E-state index contributed by atoms with van der Waals surface area (Å²) in [5.74, 6) is -2.51. The molecular weight excluding hydrogens is 513 g/mol. The Bertz CT molecular complexity index is 1300. The lowest BCUT2D eigenvalue weighted by atomic mass is 9.92. The van der Waals surface area contributed by atoms with Crippen LogP contribution in [0, 0.1) is 17.7 Å². The van der Waals surface area contributed by atoms with Crippen LogP contribution in [0.25, 0.3) is 0 Å². The van der Waals surface area contributed by atoms with E-state index in [4.69, 9.17) is 16.3 Å². The summed E-state index contributed by atoms with van der Waals surface area (Å²) < 4.78 is 18.9. The Morgan fingerprint density at radius 2 is 1.79 bits per heavy atom. The highest BCUT2D eigenvalue weighted by atomic mass is 35.5. The number of benzene rings is 2. The van der Waals surface area contributed by atoms with Crippen molar-refractivity contribution in [1.82, 2.24) is 4.90 Å². The smallest absolute Gasteiger partial charge is 0.310 e. The Morgan fingerprint density at radius 3 is 2.55 bits per heavy atom. The molecule has 2 fully saturated rings. The highest BCUT2D eigenvalue weighted by Crippen LogP contribution is 2.37. The number of halogens is 2. The molecule has 0 radical (unpaired) electrons. The van der Waals surface area contributed by atoms with Crippen molar-refractivity contribution >= 4 is 46.7 Å². The van der Waals surface area contributed by atoms with E-state index in [-0.39, 0.29) is 45.5 Å². The standard InChI is InChI=1S/C28H29ClFN3O5/c1-2-38-28(37)18-7-5-13-32(16-18)25(34)17-6-4-12-31(15-17)23-9-3-8-20-24(23)27(36)33(26(20)35)19-10-11-22(30)21(29)14-19/h3,8-11,14,17-18H,2,4-7,12-13,15-16H2,1H3/t17-,18+/m0/s1. The molecule has 0 unspecified atom stereocenters. The fourth-order valence-corrected chi connectivity index (χ4v) is 5.85. The number of nitrogens with zero attached hydrogens (tertiary/aromatic N) is 3. The third-order valence-electron chi connectivity index (χ3n) is 7.52. The minimum Gasteiger partial charge on any atom is -0.466 e. The summed E-state index contributed by atoms with van der Waals surface area (Å²) in [5.41, 5.74) is 1.32. The van der Waals surface area contributed by atoms with E-state index >= 15 is 0 Å². The second-order valence-corrected chi connectivity index (χ2v) is 10.3. The van der Waals surface area contributed by atoms with Crippen LogP contribution < -0.4 is 9.80 Å². The summed E-state index contributed by atoms with van der Waals surface area (Å²) in [6.45, 7) is 4.09. The van der Waals surface area contributed by atoms with Gasteiger partial charge in [0.2, 0.25) is 5.91 Å². The molecule has 5 rings (SSSR count). The molecule has 3 heterocycles. The third-order valence-corrected chi connectivity index (χ3v) is 7.81. The van der Waals surface area contributed by atoms with Gasteiger partial charge in [-0.1, -0.05) is 17.7 Å². The molecular formula is C28H29ClFN3O5. The van der Waals surface area contributed by atoms with Gasteiger partial charge in [-0.3, -0.25) is 19.2 Å². The number of likely N-dealkylation sites (tertiary alicyclic amines) is 1. The highest BCUT2D eigenvalue weighted by molar-refractivity contribution is 6.37. The molecule has 0 aliphatic carbocycles. The highest BCUT2D eigenvalue weighted by Gasteiger charge is 2.41. The number of amides is 3. The molecule has 2 saturated heterocycles. The van der Waals surface area contributed by atoms with E-state index in [1.807, 2.05) is 4.90 Å². The maximum absolute atomic E-state index is 13.7. The van der Waals surface area contributed by atoms with Gasteiger partial charge >= 0.3 is 5.97 Å². The lowest BCUT2D eigenvalue weighted by Crippen LogP contribution is -2.49. The molecule has 0 N–H and O–H groups in total. The van der Waals surface area contributed by atoms with Crippen LogP contribution in [0.3, 0.4) is 0 Å². The van der Waals surface area contributed by atoms with E-state index in [1.165, 1.54) is 12.1 Å². The maximum Gasteiger partial charge on any atom is 0.310 e. The minimum atomic E-state index is -0.640. The first-order valence-electron chi connectivity index (χ1n) is 13.0. The Labute approximate surface area is 225 Å². The fraction of sp³-hybridized carbons (Fsp3) is 0.429. The van der Waals surface area contributed by atoms with Gasteiger partial charge in [-0.2, -0.15) is 0 Å². The molecule has 2 atom stereocenters. The molecule has 0 bridgehead atoms. The van der Waals surface area contributed by atoms with Crippen LogP contribution in [0.5, 0.6) is 0 Å². The summed E-state index contributed by atoms with van der Waals surface area (Å²) in [6, 6.07) is 8.84. The molecule has 8 nitrogen and oxygen atoms in total. The van der Waals surface area contributed by atoms with Gasteiger partial charge in [0.15, 0.2) is 0 Å². The van der Waals surface area contributed by atoms with Crippen LogP contribution in [0.1, 0.15) is 53.3 Å². The average Bonchev–Trinajstić information content (AvgIpc) is 3.19. The predicted octanol–water partition coefficient (Wildman–Crippen LogP) is 4.30. The van der Waals surface area contributed by atoms with Gasteiger partial charge in [-0.15, -0.1) is 0 Å². The second kappa shape index (κ2) is 10.7. The van der Waals surface area contributed by atoms with Gasteiger partial charge in [-0.05, 0) is 62.9 Å². The van der Waals surface area contributed by atoms with Crippen molar-refractivity contribution < 1.29 is 28.3 Å². The number of hydrogen-bond donors (Lipinski definition) is 0. The number of piperidine rings is 2. The van der Waals surface area contributed by atoms with Crippen molar-refractivity contribution in [1.29, 1.82) is 0 Å². The Morgan fingerprint density at radius 1 is 1.03 bits per heavy atom. The topological polar surface area (TPSA) is 87.2 Å².